The molecule has 2 heteroatoms. The first-order valence-corrected chi connectivity index (χ1v) is 5.73. The molecular formula is C13H37Y2-. The number of hydrogen-bond acceptors (Lipinski definition) is 0. The van der Waals surface area contributed by atoms with Gasteiger partial charge in [0.05, 0.1) is 0 Å². The second-order valence-corrected chi connectivity index (χ2v) is 1.73. The predicted octanol–water partition coefficient (Wildman–Crippen LogP) is 6.21. The molecule has 0 aliphatic carbocycles. The van der Waals surface area contributed by atoms with Gasteiger partial charge in [0.1, 0.15) is 0 Å². The maximum absolute atomic E-state index is 2.17. The van der Waals surface area contributed by atoms with Gasteiger partial charge in [0.25, 0.3) is 0 Å². The summed E-state index contributed by atoms with van der Waals surface area (Å²) < 4.78 is 0. The minimum Gasteiger partial charge on any atom is -0.358 e. The Hall–Kier alpha value is 2.21. The van der Waals surface area contributed by atoms with Gasteiger partial charge in [0.2, 0.25) is 0 Å². The zero-order chi connectivity index (χ0) is 11.6. The molecule has 0 saturated heterocycles. The standard InChI is InChI=1S/C4H10.4C2H6.CH3.2Y/c1-4(2)3;4*1-2;;;/h4H,1-3H3;4*1-2H3;1H3;;/q;;;;;-1;;. The van der Waals surface area contributed by atoms with Crippen LogP contribution in [0.3, 0.4) is 0 Å². The maximum atomic E-state index is 2.17. The molecule has 0 unspecified atom stereocenters. The van der Waals surface area contributed by atoms with Crippen LogP contribution >= 0.6 is 0 Å². The molecule has 0 aliphatic heterocycles. The Labute approximate surface area is 153 Å². The maximum Gasteiger partial charge on any atom is 0 e. The molecule has 0 aromatic carbocycles. The zero-order valence-corrected chi connectivity index (χ0v) is 19.4. The predicted molar refractivity (Wildman–Crippen MR) is 72.3 cm³/mol. The molecule has 0 amide bonds. The molecule has 0 aromatic rings. The average molecular weight is 371 g/mol. The summed E-state index contributed by atoms with van der Waals surface area (Å²) >= 11 is 0. The van der Waals surface area contributed by atoms with Gasteiger partial charge in [-0.2, -0.15) is 0 Å². The van der Waals surface area contributed by atoms with Crippen molar-refractivity contribution in [3.63, 3.8) is 0 Å². The van der Waals surface area contributed by atoms with Gasteiger partial charge < -0.3 is 7.43 Å². The molecule has 2 radical (unpaired) electrons. The van der Waals surface area contributed by atoms with Crippen LogP contribution in [0, 0.1) is 13.3 Å². The van der Waals surface area contributed by atoms with Crippen molar-refractivity contribution >= 4 is 0 Å². The molecule has 0 rings (SSSR count). The molecular weight excluding hydrogens is 334 g/mol. The van der Waals surface area contributed by atoms with Crippen LogP contribution in [-0.4, -0.2) is 0 Å². The smallest absolute Gasteiger partial charge is 0 e. The van der Waals surface area contributed by atoms with Crippen molar-refractivity contribution in [1.29, 1.82) is 0 Å². The largest absolute Gasteiger partial charge is 0.358 e. The zero-order valence-electron chi connectivity index (χ0n) is 13.7. The molecule has 0 fully saturated rings. The molecule has 0 spiro atoms. The topological polar surface area (TPSA) is 0 Å². The van der Waals surface area contributed by atoms with E-state index in [1.165, 1.54) is 0 Å². The van der Waals surface area contributed by atoms with Crippen LogP contribution in [0.15, 0.2) is 0 Å². The summed E-state index contributed by atoms with van der Waals surface area (Å²) in [4.78, 5) is 0. The Morgan fingerprint density at radius 1 is 0.467 bits per heavy atom. The van der Waals surface area contributed by atoms with E-state index in [-0.39, 0.29) is 72.8 Å². The molecule has 96 valence electrons. The van der Waals surface area contributed by atoms with E-state index >= 15 is 0 Å². The van der Waals surface area contributed by atoms with E-state index < -0.39 is 0 Å². The van der Waals surface area contributed by atoms with Crippen molar-refractivity contribution in [2.75, 3.05) is 0 Å². The van der Waals surface area contributed by atoms with E-state index in [0.29, 0.717) is 0 Å². The van der Waals surface area contributed by atoms with Gasteiger partial charge in [-0.15, -0.1) is 0 Å². The molecule has 0 bridgehead atoms. The van der Waals surface area contributed by atoms with Gasteiger partial charge in [-0.25, -0.2) is 0 Å². The summed E-state index contributed by atoms with van der Waals surface area (Å²) in [6.07, 6.45) is 0. The van der Waals surface area contributed by atoms with Crippen molar-refractivity contribution in [2.45, 2.75) is 76.2 Å². The molecule has 15 heavy (non-hydrogen) atoms. The summed E-state index contributed by atoms with van der Waals surface area (Å²) in [5.41, 5.74) is 0. The van der Waals surface area contributed by atoms with Crippen LogP contribution < -0.4 is 0 Å². The molecule has 0 saturated carbocycles. The van der Waals surface area contributed by atoms with Crippen molar-refractivity contribution in [2.24, 2.45) is 5.92 Å². The van der Waals surface area contributed by atoms with Gasteiger partial charge in [-0.05, 0) is 5.92 Å². The van der Waals surface area contributed by atoms with Gasteiger partial charge >= 0.3 is 0 Å². The van der Waals surface area contributed by atoms with Gasteiger partial charge in [-0.3, -0.25) is 0 Å². The van der Waals surface area contributed by atoms with Crippen LogP contribution in [0.25, 0.3) is 0 Å². The fraction of sp³-hybridized carbons (Fsp3) is 0.923. The minimum atomic E-state index is 0. The van der Waals surface area contributed by atoms with Crippen LogP contribution in [0.4, 0.5) is 0 Å². The summed E-state index contributed by atoms with van der Waals surface area (Å²) in [7, 11) is 0. The third-order valence-corrected chi connectivity index (χ3v) is 0. The van der Waals surface area contributed by atoms with Crippen LogP contribution in [0.2, 0.25) is 0 Å². The molecule has 0 nitrogen and oxygen atoms in total. The Morgan fingerprint density at radius 2 is 0.467 bits per heavy atom. The Bertz CT molecular complexity index is 13.3. The quantitative estimate of drug-likeness (QED) is 0.444. The van der Waals surface area contributed by atoms with E-state index in [1.807, 2.05) is 55.4 Å². The molecule has 0 N–H and O–H groups in total. The molecule has 0 aliphatic rings. The monoisotopic (exact) mass is 371 g/mol. The van der Waals surface area contributed by atoms with Gasteiger partial charge in [0.15, 0.2) is 0 Å². The second-order valence-electron chi connectivity index (χ2n) is 1.73. The van der Waals surface area contributed by atoms with E-state index in [1.54, 1.807) is 0 Å². The summed E-state index contributed by atoms with van der Waals surface area (Å²) in [5, 5.41) is 0. The van der Waals surface area contributed by atoms with Crippen LogP contribution in [0.1, 0.15) is 76.2 Å². The summed E-state index contributed by atoms with van der Waals surface area (Å²) in [6, 6.07) is 0. The van der Waals surface area contributed by atoms with Gasteiger partial charge in [0, 0.05) is 65.4 Å². The third-order valence-electron chi connectivity index (χ3n) is 0. The Morgan fingerprint density at radius 3 is 0.467 bits per heavy atom. The van der Waals surface area contributed by atoms with E-state index in [4.69, 9.17) is 0 Å². The molecule has 0 aromatic heterocycles. The molecule has 0 atom stereocenters. The van der Waals surface area contributed by atoms with E-state index in [0.717, 1.165) is 5.92 Å². The fourth-order valence-corrected chi connectivity index (χ4v) is 0. The second kappa shape index (κ2) is 138. The normalized spacial score (nSPS) is 4.00. The third kappa shape index (κ3) is 671. The molecule has 0 heterocycles. The average Bonchev–Trinajstić information content (AvgIpc) is 2.16. The van der Waals surface area contributed by atoms with E-state index in [2.05, 4.69) is 20.8 Å². The van der Waals surface area contributed by atoms with Crippen molar-refractivity contribution < 1.29 is 65.4 Å². The Balaban J connectivity index is -0.00000000677. The minimum absolute atomic E-state index is 0. The van der Waals surface area contributed by atoms with E-state index in [9.17, 15) is 0 Å². The SMILES string of the molecule is CC.CC.CC.CC.CC(C)C.[CH3-].[Y].[Y]. The Kier molecular flexibility index (Phi) is 491. The summed E-state index contributed by atoms with van der Waals surface area (Å²) in [6.45, 7) is 22.5. The first-order chi connectivity index (χ1) is 5.73. The fourth-order valence-electron chi connectivity index (χ4n) is 0. The van der Waals surface area contributed by atoms with Crippen molar-refractivity contribution in [3.05, 3.63) is 7.43 Å². The number of hydrogen-bond donors (Lipinski definition) is 0. The van der Waals surface area contributed by atoms with Crippen LogP contribution in [-0.2, 0) is 65.4 Å². The van der Waals surface area contributed by atoms with Gasteiger partial charge in [-0.1, -0.05) is 76.2 Å². The first kappa shape index (κ1) is 53.3. The van der Waals surface area contributed by atoms with Crippen LogP contribution in [0.5, 0.6) is 0 Å². The first-order valence-electron chi connectivity index (χ1n) is 5.73. The van der Waals surface area contributed by atoms with Crippen molar-refractivity contribution in [1.82, 2.24) is 0 Å². The van der Waals surface area contributed by atoms with Crippen molar-refractivity contribution in [3.8, 4) is 0 Å². The summed E-state index contributed by atoms with van der Waals surface area (Å²) in [5.74, 6) is 0.833. The number of rotatable bonds is 0.